The average Bonchev–Trinajstić information content (AvgIpc) is 2.42. The number of benzene rings is 1. The summed E-state index contributed by atoms with van der Waals surface area (Å²) in [6.07, 6.45) is 0.877. The highest BCUT2D eigenvalue weighted by atomic mass is 19.1. The molecule has 0 aliphatic carbocycles. The van der Waals surface area contributed by atoms with Crippen LogP contribution in [0.2, 0.25) is 0 Å². The summed E-state index contributed by atoms with van der Waals surface area (Å²) >= 11 is 0. The van der Waals surface area contributed by atoms with Gasteiger partial charge in [-0.05, 0) is 30.2 Å². The molecule has 0 bridgehead atoms. The number of carboxylic acids is 1. The Morgan fingerprint density at radius 2 is 2.20 bits per heavy atom. The number of carbonyl (C=O) groups excluding carboxylic acids is 1. The first-order chi connectivity index (χ1) is 9.61. The maximum absolute atomic E-state index is 12.5. The minimum Gasteiger partial charge on any atom is -0.493 e. The molecule has 20 heavy (non-hydrogen) atoms. The van der Waals surface area contributed by atoms with Crippen LogP contribution in [0.15, 0.2) is 18.2 Å². The summed E-state index contributed by atoms with van der Waals surface area (Å²) in [6, 6.07) is 5.18. The third kappa shape index (κ3) is 3.26. The van der Waals surface area contributed by atoms with Gasteiger partial charge in [0.2, 0.25) is 5.91 Å². The fourth-order valence-corrected chi connectivity index (χ4v) is 2.21. The van der Waals surface area contributed by atoms with Gasteiger partial charge in [0, 0.05) is 12.1 Å². The number of rotatable bonds is 6. The van der Waals surface area contributed by atoms with Crippen molar-refractivity contribution in [3.8, 4) is 5.75 Å². The summed E-state index contributed by atoms with van der Waals surface area (Å²) in [5.74, 6) is -0.420. The van der Waals surface area contributed by atoms with E-state index < -0.39 is 12.6 Å². The number of anilines is 1. The van der Waals surface area contributed by atoms with Crippen LogP contribution in [0.5, 0.6) is 5.75 Å². The zero-order valence-corrected chi connectivity index (χ0v) is 11.0. The molecule has 1 aromatic rings. The third-order valence-corrected chi connectivity index (χ3v) is 3.14. The van der Waals surface area contributed by atoms with Crippen LogP contribution in [0.25, 0.3) is 0 Å². The van der Waals surface area contributed by atoms with Gasteiger partial charge in [0.1, 0.15) is 12.4 Å². The number of aryl methyl sites for hydroxylation is 1. The van der Waals surface area contributed by atoms with E-state index in [9.17, 15) is 14.0 Å². The number of carboxylic acid groups (broad SMARTS) is 1. The Hall–Kier alpha value is -2.11. The number of hydrogen-bond acceptors (Lipinski definition) is 3. The highest BCUT2D eigenvalue weighted by Gasteiger charge is 2.24. The Kier molecular flexibility index (Phi) is 4.55. The molecule has 2 rings (SSSR count). The number of hydrogen-bond donors (Lipinski definition) is 1. The molecule has 0 saturated carbocycles. The van der Waals surface area contributed by atoms with Crippen LogP contribution in [0, 0.1) is 0 Å². The highest BCUT2D eigenvalue weighted by molar-refractivity contribution is 5.96. The first-order valence-corrected chi connectivity index (χ1v) is 6.45. The summed E-state index contributed by atoms with van der Waals surface area (Å²) in [5.41, 5.74) is 1.63. The molecule has 0 aromatic heterocycles. The fraction of sp³-hybridized carbons (Fsp3) is 0.429. The standard InChI is InChI=1S/C14H16FNO4/c15-6-7-16-12-3-2-11(20-8-5-14(18)19)9-10(12)1-4-13(16)17/h2-3,9H,1,4-8H2,(H,18,19). The summed E-state index contributed by atoms with van der Waals surface area (Å²) in [7, 11) is 0. The maximum Gasteiger partial charge on any atom is 0.306 e. The van der Waals surface area contributed by atoms with Crippen molar-refractivity contribution < 1.29 is 23.8 Å². The fourth-order valence-electron chi connectivity index (χ4n) is 2.21. The molecule has 1 aliphatic rings. The normalized spacial score (nSPS) is 14.1. The predicted molar refractivity (Wildman–Crippen MR) is 70.8 cm³/mol. The van der Waals surface area contributed by atoms with Gasteiger partial charge in [0.25, 0.3) is 0 Å². The molecule has 108 valence electrons. The SMILES string of the molecule is O=C(O)CCOc1ccc2c(c1)CCC(=O)N2CCF. The number of aliphatic carboxylic acids is 1. The smallest absolute Gasteiger partial charge is 0.306 e. The van der Waals surface area contributed by atoms with E-state index in [1.165, 1.54) is 4.90 Å². The Balaban J connectivity index is 2.11. The van der Waals surface area contributed by atoms with E-state index >= 15 is 0 Å². The minimum atomic E-state index is -0.914. The van der Waals surface area contributed by atoms with Crippen molar-refractivity contribution in [2.75, 3.05) is 24.7 Å². The van der Waals surface area contributed by atoms with Crippen LogP contribution in [-0.4, -0.2) is 36.8 Å². The molecular weight excluding hydrogens is 265 g/mol. The van der Waals surface area contributed by atoms with Crippen molar-refractivity contribution in [3.05, 3.63) is 23.8 Å². The lowest BCUT2D eigenvalue weighted by molar-refractivity contribution is -0.137. The van der Waals surface area contributed by atoms with Crippen molar-refractivity contribution >= 4 is 17.6 Å². The second kappa shape index (κ2) is 6.36. The Labute approximate surface area is 116 Å². The number of ether oxygens (including phenoxy) is 1. The zero-order chi connectivity index (χ0) is 14.5. The van der Waals surface area contributed by atoms with E-state index in [0.29, 0.717) is 24.3 Å². The number of halogens is 1. The quantitative estimate of drug-likeness (QED) is 0.863. The average molecular weight is 281 g/mol. The van der Waals surface area contributed by atoms with Gasteiger partial charge in [-0.25, -0.2) is 4.39 Å². The molecule has 5 nitrogen and oxygen atoms in total. The molecule has 1 N–H and O–H groups in total. The Morgan fingerprint density at radius 3 is 2.90 bits per heavy atom. The molecule has 0 radical (unpaired) electrons. The van der Waals surface area contributed by atoms with Gasteiger partial charge in [-0.15, -0.1) is 0 Å². The number of amides is 1. The molecule has 1 heterocycles. The van der Waals surface area contributed by atoms with Crippen LogP contribution in [-0.2, 0) is 16.0 Å². The minimum absolute atomic E-state index is 0.0606. The summed E-state index contributed by atoms with van der Waals surface area (Å²) in [4.78, 5) is 23.6. The Bertz CT molecular complexity index is 518. The van der Waals surface area contributed by atoms with Crippen molar-refractivity contribution in [1.82, 2.24) is 0 Å². The van der Waals surface area contributed by atoms with Gasteiger partial charge in [-0.3, -0.25) is 9.59 Å². The lowest BCUT2D eigenvalue weighted by Gasteiger charge is -2.28. The Morgan fingerprint density at radius 1 is 1.40 bits per heavy atom. The van der Waals surface area contributed by atoms with Gasteiger partial charge >= 0.3 is 5.97 Å². The molecule has 0 fully saturated rings. The zero-order valence-electron chi connectivity index (χ0n) is 11.0. The summed E-state index contributed by atoms with van der Waals surface area (Å²) in [5, 5.41) is 8.55. The third-order valence-electron chi connectivity index (χ3n) is 3.14. The van der Waals surface area contributed by atoms with Gasteiger partial charge in [-0.1, -0.05) is 0 Å². The van der Waals surface area contributed by atoms with Gasteiger partial charge < -0.3 is 14.7 Å². The van der Waals surface area contributed by atoms with E-state index in [1.807, 2.05) is 0 Å². The molecular formula is C14H16FNO4. The molecule has 0 saturated heterocycles. The molecule has 0 unspecified atom stereocenters. The number of carbonyl (C=O) groups is 2. The van der Waals surface area contributed by atoms with Gasteiger partial charge in [0.05, 0.1) is 19.6 Å². The van der Waals surface area contributed by atoms with E-state index in [4.69, 9.17) is 9.84 Å². The van der Waals surface area contributed by atoms with Gasteiger partial charge in [0.15, 0.2) is 0 Å². The first-order valence-electron chi connectivity index (χ1n) is 6.45. The molecule has 1 amide bonds. The van der Waals surface area contributed by atoms with Crippen molar-refractivity contribution in [3.63, 3.8) is 0 Å². The lowest BCUT2D eigenvalue weighted by atomic mass is 10.0. The van der Waals surface area contributed by atoms with Crippen LogP contribution in [0.1, 0.15) is 18.4 Å². The van der Waals surface area contributed by atoms with Crippen LogP contribution < -0.4 is 9.64 Å². The second-order valence-corrected chi connectivity index (χ2v) is 4.52. The van der Waals surface area contributed by atoms with E-state index in [0.717, 1.165) is 5.56 Å². The summed E-state index contributed by atoms with van der Waals surface area (Å²) in [6.45, 7) is -0.422. The van der Waals surface area contributed by atoms with E-state index in [1.54, 1.807) is 18.2 Å². The monoisotopic (exact) mass is 281 g/mol. The number of alkyl halides is 1. The van der Waals surface area contributed by atoms with E-state index in [-0.39, 0.29) is 25.5 Å². The topological polar surface area (TPSA) is 66.8 Å². The molecule has 0 atom stereocenters. The second-order valence-electron chi connectivity index (χ2n) is 4.52. The van der Waals surface area contributed by atoms with Crippen molar-refractivity contribution in [2.45, 2.75) is 19.3 Å². The maximum atomic E-state index is 12.5. The lowest BCUT2D eigenvalue weighted by Crippen LogP contribution is -2.36. The van der Waals surface area contributed by atoms with Crippen molar-refractivity contribution in [2.24, 2.45) is 0 Å². The largest absolute Gasteiger partial charge is 0.493 e. The van der Waals surface area contributed by atoms with Crippen LogP contribution in [0.3, 0.4) is 0 Å². The number of fused-ring (bicyclic) bond motifs is 1. The highest BCUT2D eigenvalue weighted by Crippen LogP contribution is 2.31. The number of nitrogens with zero attached hydrogens (tertiary/aromatic N) is 1. The van der Waals surface area contributed by atoms with Crippen LogP contribution in [0.4, 0.5) is 10.1 Å². The molecule has 1 aliphatic heterocycles. The van der Waals surface area contributed by atoms with Crippen molar-refractivity contribution in [1.29, 1.82) is 0 Å². The molecule has 0 spiro atoms. The van der Waals surface area contributed by atoms with Crippen LogP contribution >= 0.6 is 0 Å². The molecule has 1 aromatic carbocycles. The predicted octanol–water partition coefficient (Wildman–Crippen LogP) is 1.79. The molecule has 6 heteroatoms. The summed E-state index contributed by atoms with van der Waals surface area (Å²) < 4.78 is 17.8. The van der Waals surface area contributed by atoms with E-state index in [2.05, 4.69) is 0 Å². The van der Waals surface area contributed by atoms with Gasteiger partial charge in [-0.2, -0.15) is 0 Å². The first kappa shape index (κ1) is 14.3.